The number of amides is 1. The van der Waals surface area contributed by atoms with Crippen LogP contribution in [0.2, 0.25) is 0 Å². The number of ether oxygens (including phenoxy) is 1. The molecule has 2 rings (SSSR count). The maximum absolute atomic E-state index is 13.6. The largest absolute Gasteiger partial charge is 0.394 e. The van der Waals surface area contributed by atoms with Crippen LogP contribution in [-0.2, 0) is 4.74 Å². The number of alkyl halides is 2. The zero-order chi connectivity index (χ0) is 14.0. The van der Waals surface area contributed by atoms with Gasteiger partial charge in [0.1, 0.15) is 6.10 Å². The first-order valence-corrected chi connectivity index (χ1v) is 5.50. The molecule has 0 radical (unpaired) electrons. The molecule has 1 aliphatic rings. The Morgan fingerprint density at radius 3 is 2.84 bits per heavy atom. The number of carbonyl (C=O) groups excluding carboxylic acids is 1. The Labute approximate surface area is 107 Å². The molecule has 1 unspecified atom stereocenters. The summed E-state index contributed by atoms with van der Waals surface area (Å²) in [5, 5.41) is 20.0. The third-order valence-corrected chi connectivity index (χ3v) is 2.77. The van der Waals surface area contributed by atoms with Crippen LogP contribution in [0.4, 0.5) is 8.78 Å². The minimum Gasteiger partial charge on any atom is -0.394 e. The lowest BCUT2D eigenvalue weighted by Crippen LogP contribution is -2.49. The molecule has 0 saturated carbocycles. The fourth-order valence-electron chi connectivity index (χ4n) is 1.72. The molecule has 19 heavy (non-hydrogen) atoms. The van der Waals surface area contributed by atoms with Gasteiger partial charge in [0.25, 0.3) is 5.91 Å². The molecule has 1 amide bonds. The van der Waals surface area contributed by atoms with Crippen LogP contribution in [0.15, 0.2) is 24.5 Å². The molecule has 1 fully saturated rings. The molecule has 104 valence electrons. The first kappa shape index (κ1) is 13.8. The van der Waals surface area contributed by atoms with Crippen LogP contribution in [0.5, 0.6) is 0 Å². The third-order valence-electron chi connectivity index (χ3n) is 2.77. The lowest BCUT2D eigenvalue weighted by molar-refractivity contribution is -0.118. The summed E-state index contributed by atoms with van der Waals surface area (Å²) in [6, 6.07) is 2.88. The normalized spacial score (nSPS) is 29.2. The Morgan fingerprint density at radius 2 is 2.32 bits per heavy atom. The second-order valence-electron chi connectivity index (χ2n) is 4.07. The Bertz CT molecular complexity index is 457. The minimum absolute atomic E-state index is 0.0869. The number of hydrogen-bond donors (Lipinski definition) is 3. The van der Waals surface area contributed by atoms with E-state index in [1.54, 1.807) is 0 Å². The highest BCUT2D eigenvalue weighted by Gasteiger charge is 2.58. The SMILES string of the molecule is O=C(NC1O[C@H](CO)[C@@H](O)C1(F)F)c1cccnc1. The fourth-order valence-corrected chi connectivity index (χ4v) is 1.72. The number of pyridine rings is 1. The van der Waals surface area contributed by atoms with Crippen molar-refractivity contribution in [1.82, 2.24) is 10.3 Å². The van der Waals surface area contributed by atoms with Crippen molar-refractivity contribution in [2.24, 2.45) is 0 Å². The Kier molecular flexibility index (Phi) is 3.74. The Balaban J connectivity index is 2.09. The van der Waals surface area contributed by atoms with Gasteiger partial charge in [-0.3, -0.25) is 9.78 Å². The number of carbonyl (C=O) groups is 1. The second-order valence-corrected chi connectivity index (χ2v) is 4.07. The maximum Gasteiger partial charge on any atom is 0.319 e. The lowest BCUT2D eigenvalue weighted by Gasteiger charge is -2.20. The number of aliphatic hydroxyl groups is 2. The summed E-state index contributed by atoms with van der Waals surface area (Å²) in [5.41, 5.74) is 0.0869. The van der Waals surface area contributed by atoms with Gasteiger partial charge in [-0.2, -0.15) is 8.78 Å². The molecule has 1 aromatic rings. The average molecular weight is 274 g/mol. The molecule has 3 atom stereocenters. The maximum atomic E-state index is 13.6. The van der Waals surface area contributed by atoms with E-state index >= 15 is 0 Å². The highest BCUT2D eigenvalue weighted by molar-refractivity contribution is 5.94. The monoisotopic (exact) mass is 274 g/mol. The smallest absolute Gasteiger partial charge is 0.319 e. The molecule has 8 heteroatoms. The van der Waals surface area contributed by atoms with E-state index in [9.17, 15) is 18.7 Å². The topological polar surface area (TPSA) is 91.7 Å². The van der Waals surface area contributed by atoms with E-state index in [2.05, 4.69) is 4.98 Å². The molecule has 2 heterocycles. The predicted molar refractivity (Wildman–Crippen MR) is 58.4 cm³/mol. The van der Waals surface area contributed by atoms with Crippen molar-refractivity contribution in [3.63, 3.8) is 0 Å². The van der Waals surface area contributed by atoms with Crippen LogP contribution < -0.4 is 5.32 Å². The first-order chi connectivity index (χ1) is 8.96. The van der Waals surface area contributed by atoms with Gasteiger partial charge in [0.2, 0.25) is 0 Å². The fraction of sp³-hybridized carbons (Fsp3) is 0.455. The quantitative estimate of drug-likeness (QED) is 0.692. The lowest BCUT2D eigenvalue weighted by atomic mass is 10.1. The van der Waals surface area contributed by atoms with Crippen LogP contribution in [-0.4, -0.2) is 52.1 Å². The van der Waals surface area contributed by atoms with E-state index in [1.165, 1.54) is 24.5 Å². The summed E-state index contributed by atoms with van der Waals surface area (Å²) in [7, 11) is 0. The van der Waals surface area contributed by atoms with E-state index in [-0.39, 0.29) is 5.56 Å². The van der Waals surface area contributed by atoms with Gasteiger partial charge in [0.15, 0.2) is 12.3 Å². The van der Waals surface area contributed by atoms with Gasteiger partial charge in [-0.1, -0.05) is 0 Å². The predicted octanol–water partition coefficient (Wildman–Crippen LogP) is -0.475. The molecule has 0 bridgehead atoms. The summed E-state index contributed by atoms with van der Waals surface area (Å²) >= 11 is 0. The van der Waals surface area contributed by atoms with Crippen molar-refractivity contribution in [2.75, 3.05) is 6.61 Å². The summed E-state index contributed by atoms with van der Waals surface area (Å²) in [6.07, 6.45) is -2.95. The van der Waals surface area contributed by atoms with E-state index in [1.807, 2.05) is 5.32 Å². The zero-order valence-electron chi connectivity index (χ0n) is 9.66. The summed E-state index contributed by atoms with van der Waals surface area (Å²) in [6.45, 7) is -0.768. The highest BCUT2D eigenvalue weighted by atomic mass is 19.3. The van der Waals surface area contributed by atoms with E-state index in [4.69, 9.17) is 9.84 Å². The van der Waals surface area contributed by atoms with Gasteiger partial charge in [-0.25, -0.2) is 0 Å². The van der Waals surface area contributed by atoms with Crippen molar-refractivity contribution in [3.05, 3.63) is 30.1 Å². The zero-order valence-corrected chi connectivity index (χ0v) is 9.66. The average Bonchev–Trinajstić information content (AvgIpc) is 2.63. The van der Waals surface area contributed by atoms with Crippen LogP contribution in [0.3, 0.4) is 0 Å². The number of nitrogens with zero attached hydrogens (tertiary/aromatic N) is 1. The van der Waals surface area contributed by atoms with Gasteiger partial charge in [0.05, 0.1) is 12.2 Å². The molecule has 1 aliphatic heterocycles. The van der Waals surface area contributed by atoms with Crippen molar-refractivity contribution in [3.8, 4) is 0 Å². The van der Waals surface area contributed by atoms with Crippen molar-refractivity contribution >= 4 is 5.91 Å². The highest BCUT2D eigenvalue weighted by Crippen LogP contribution is 2.34. The van der Waals surface area contributed by atoms with Crippen LogP contribution in [0.25, 0.3) is 0 Å². The second kappa shape index (κ2) is 5.16. The first-order valence-electron chi connectivity index (χ1n) is 5.50. The van der Waals surface area contributed by atoms with Crippen LogP contribution in [0.1, 0.15) is 10.4 Å². The van der Waals surface area contributed by atoms with E-state index in [0.29, 0.717) is 0 Å². The number of halogens is 2. The van der Waals surface area contributed by atoms with E-state index in [0.717, 1.165) is 0 Å². The number of hydrogen-bond acceptors (Lipinski definition) is 5. The Hall–Kier alpha value is -1.64. The molecule has 0 spiro atoms. The summed E-state index contributed by atoms with van der Waals surface area (Å²) in [4.78, 5) is 15.4. The molecule has 3 N–H and O–H groups in total. The molecular formula is C11H12F2N2O4. The van der Waals surface area contributed by atoms with Crippen molar-refractivity contribution < 1.29 is 28.5 Å². The molecule has 6 nitrogen and oxygen atoms in total. The molecule has 0 aliphatic carbocycles. The van der Waals surface area contributed by atoms with Crippen molar-refractivity contribution in [2.45, 2.75) is 24.4 Å². The minimum atomic E-state index is -3.68. The van der Waals surface area contributed by atoms with Gasteiger partial charge in [-0.05, 0) is 12.1 Å². The summed E-state index contributed by atoms with van der Waals surface area (Å²) in [5.74, 6) is -4.48. The standard InChI is InChI=1S/C11H12F2N2O4/c12-11(13)8(17)7(5-16)19-10(11)15-9(18)6-2-1-3-14-4-6/h1-4,7-8,10,16-17H,5H2,(H,15,18)/t7-,8-,10?/m1/s1. The van der Waals surface area contributed by atoms with Gasteiger partial charge < -0.3 is 20.3 Å². The number of aliphatic hydroxyl groups excluding tert-OH is 2. The Morgan fingerprint density at radius 1 is 1.58 bits per heavy atom. The molecule has 1 aromatic heterocycles. The van der Waals surface area contributed by atoms with E-state index < -0.39 is 36.9 Å². The third kappa shape index (κ3) is 2.55. The van der Waals surface area contributed by atoms with Gasteiger partial charge >= 0.3 is 5.92 Å². The van der Waals surface area contributed by atoms with Gasteiger partial charge in [-0.15, -0.1) is 0 Å². The molecule has 0 aromatic carbocycles. The van der Waals surface area contributed by atoms with Gasteiger partial charge in [0, 0.05) is 12.4 Å². The van der Waals surface area contributed by atoms with Crippen molar-refractivity contribution in [1.29, 1.82) is 0 Å². The van der Waals surface area contributed by atoms with Crippen LogP contribution >= 0.6 is 0 Å². The number of aromatic nitrogens is 1. The molecule has 1 saturated heterocycles. The number of rotatable bonds is 3. The number of nitrogens with one attached hydrogen (secondary N) is 1. The summed E-state index contributed by atoms with van der Waals surface area (Å²) < 4.78 is 31.9. The van der Waals surface area contributed by atoms with Crippen LogP contribution in [0, 0.1) is 0 Å². The molecular weight excluding hydrogens is 262 g/mol.